The summed E-state index contributed by atoms with van der Waals surface area (Å²) in [5, 5.41) is 2.80. The van der Waals surface area contributed by atoms with Gasteiger partial charge < -0.3 is 10.2 Å². The molecule has 1 atom stereocenters. The van der Waals surface area contributed by atoms with E-state index in [0.717, 1.165) is 29.8 Å². The summed E-state index contributed by atoms with van der Waals surface area (Å²) in [7, 11) is 0. The number of likely N-dealkylation sites (tertiary alicyclic amines) is 1. The molecule has 152 valence electrons. The van der Waals surface area contributed by atoms with Gasteiger partial charge in [-0.05, 0) is 25.0 Å². The average Bonchev–Trinajstić information content (AvgIpc) is 2.79. The lowest BCUT2D eigenvalue weighted by molar-refractivity contribution is -0.114. The van der Waals surface area contributed by atoms with Crippen molar-refractivity contribution >= 4 is 17.5 Å². The van der Waals surface area contributed by atoms with Crippen molar-refractivity contribution < 1.29 is 9.59 Å². The molecular weight excluding hydrogens is 380 g/mol. The van der Waals surface area contributed by atoms with Gasteiger partial charge in [-0.1, -0.05) is 12.1 Å². The number of piperidine rings is 1. The van der Waals surface area contributed by atoms with E-state index in [1.165, 1.54) is 19.3 Å². The first kappa shape index (κ1) is 19.6. The number of carbonyl (C=O) groups excluding carboxylic acids is 2. The molecule has 4 rings (SSSR count). The van der Waals surface area contributed by atoms with Crippen molar-refractivity contribution in [2.45, 2.75) is 25.7 Å². The summed E-state index contributed by atoms with van der Waals surface area (Å²) in [5.41, 5.74) is 3.56. The maximum Gasteiger partial charge on any atom is 0.274 e. The Bertz CT molecular complexity index is 1060. The highest BCUT2D eigenvalue weighted by atomic mass is 16.2. The number of anilines is 1. The molecule has 0 bridgehead atoms. The fourth-order valence-corrected chi connectivity index (χ4v) is 3.77. The summed E-state index contributed by atoms with van der Waals surface area (Å²) in [6, 6.07) is 7.55. The highest BCUT2D eigenvalue weighted by Crippen LogP contribution is 2.33. The molecule has 0 saturated carbocycles. The van der Waals surface area contributed by atoms with E-state index in [-0.39, 0.29) is 17.7 Å². The van der Waals surface area contributed by atoms with E-state index in [9.17, 15) is 9.59 Å². The van der Waals surface area contributed by atoms with Gasteiger partial charge in [0.2, 0.25) is 5.91 Å². The van der Waals surface area contributed by atoms with Gasteiger partial charge in [-0.15, -0.1) is 0 Å². The standard InChI is InChI=1S/C22H22N6O2/c1-15(29)27-18-6-2-4-16(12-18)20-21(26-10-9-25-20)17-5-3-11-28(14-17)22(30)19-13-23-7-8-24-19/h2,4,6-10,12-13,17H,3,5,11,14H2,1H3,(H,27,29)/t17-/m1/s1. The number of aromatic nitrogens is 4. The van der Waals surface area contributed by atoms with Gasteiger partial charge in [0.15, 0.2) is 0 Å². The third kappa shape index (κ3) is 4.32. The lowest BCUT2D eigenvalue weighted by Crippen LogP contribution is -2.39. The van der Waals surface area contributed by atoms with Gasteiger partial charge in [-0.2, -0.15) is 0 Å². The first-order valence-electron chi connectivity index (χ1n) is 9.86. The summed E-state index contributed by atoms with van der Waals surface area (Å²) in [5.74, 6) is -0.185. The number of benzene rings is 1. The quantitative estimate of drug-likeness (QED) is 0.720. The van der Waals surface area contributed by atoms with Crippen LogP contribution in [0.5, 0.6) is 0 Å². The van der Waals surface area contributed by atoms with Crippen LogP contribution in [0.3, 0.4) is 0 Å². The molecule has 30 heavy (non-hydrogen) atoms. The summed E-state index contributed by atoms with van der Waals surface area (Å²) in [6.45, 7) is 2.71. The van der Waals surface area contributed by atoms with Gasteiger partial charge in [-0.3, -0.25) is 24.5 Å². The normalized spacial score (nSPS) is 16.2. The Morgan fingerprint density at radius 2 is 1.93 bits per heavy atom. The zero-order valence-corrected chi connectivity index (χ0v) is 16.7. The number of nitrogens with one attached hydrogen (secondary N) is 1. The Morgan fingerprint density at radius 3 is 2.73 bits per heavy atom. The molecule has 3 heterocycles. The Hall–Kier alpha value is -3.68. The van der Waals surface area contributed by atoms with E-state index in [2.05, 4.69) is 25.3 Å². The fourth-order valence-electron chi connectivity index (χ4n) is 3.77. The van der Waals surface area contributed by atoms with Crippen LogP contribution in [0.4, 0.5) is 5.69 Å². The van der Waals surface area contributed by atoms with E-state index in [1.807, 2.05) is 29.2 Å². The number of rotatable bonds is 4. The first-order chi connectivity index (χ1) is 14.6. The van der Waals surface area contributed by atoms with Crippen molar-refractivity contribution in [1.82, 2.24) is 24.8 Å². The smallest absolute Gasteiger partial charge is 0.274 e. The molecule has 1 fully saturated rings. The second-order valence-corrected chi connectivity index (χ2v) is 7.23. The summed E-state index contributed by atoms with van der Waals surface area (Å²) >= 11 is 0. The van der Waals surface area contributed by atoms with E-state index in [1.54, 1.807) is 18.6 Å². The van der Waals surface area contributed by atoms with Gasteiger partial charge in [0.1, 0.15) is 5.69 Å². The summed E-state index contributed by atoms with van der Waals surface area (Å²) in [4.78, 5) is 43.4. The molecule has 3 aromatic rings. The molecule has 8 nitrogen and oxygen atoms in total. The predicted octanol–water partition coefficient (Wildman–Crippen LogP) is 2.91. The van der Waals surface area contributed by atoms with Crippen molar-refractivity contribution in [2.24, 2.45) is 0 Å². The van der Waals surface area contributed by atoms with Gasteiger partial charge in [-0.25, -0.2) is 4.98 Å². The molecule has 0 aliphatic carbocycles. The molecular formula is C22H22N6O2. The Kier molecular flexibility index (Phi) is 5.74. The summed E-state index contributed by atoms with van der Waals surface area (Å²) in [6.07, 6.45) is 9.70. The van der Waals surface area contributed by atoms with Crippen molar-refractivity contribution in [2.75, 3.05) is 18.4 Å². The van der Waals surface area contributed by atoms with Gasteiger partial charge in [0.25, 0.3) is 5.91 Å². The van der Waals surface area contributed by atoms with Crippen LogP contribution in [-0.4, -0.2) is 49.7 Å². The monoisotopic (exact) mass is 402 g/mol. The molecule has 0 spiro atoms. The number of nitrogens with zero attached hydrogens (tertiary/aromatic N) is 5. The SMILES string of the molecule is CC(=O)Nc1cccc(-c2nccnc2[C@@H]2CCCN(C(=O)c3cnccn3)C2)c1. The molecule has 1 aliphatic rings. The molecule has 8 heteroatoms. The van der Waals surface area contributed by atoms with Gasteiger partial charge >= 0.3 is 0 Å². The highest BCUT2D eigenvalue weighted by Gasteiger charge is 2.29. The molecule has 0 unspecified atom stereocenters. The largest absolute Gasteiger partial charge is 0.337 e. The van der Waals surface area contributed by atoms with E-state index in [0.29, 0.717) is 24.5 Å². The zero-order valence-electron chi connectivity index (χ0n) is 16.7. The fraction of sp³-hybridized carbons (Fsp3) is 0.273. The van der Waals surface area contributed by atoms with Crippen LogP contribution in [0.25, 0.3) is 11.3 Å². The maximum absolute atomic E-state index is 12.8. The van der Waals surface area contributed by atoms with Crippen LogP contribution in [0.15, 0.2) is 55.2 Å². The van der Waals surface area contributed by atoms with Crippen molar-refractivity contribution in [3.63, 3.8) is 0 Å². The predicted molar refractivity (Wildman–Crippen MR) is 112 cm³/mol. The number of amides is 2. The average molecular weight is 402 g/mol. The maximum atomic E-state index is 12.8. The van der Waals surface area contributed by atoms with Crippen molar-refractivity contribution in [3.8, 4) is 11.3 Å². The second kappa shape index (κ2) is 8.77. The Morgan fingerprint density at radius 1 is 1.10 bits per heavy atom. The van der Waals surface area contributed by atoms with Gasteiger partial charge in [0, 0.05) is 62.0 Å². The molecule has 2 aromatic heterocycles. The minimum absolute atomic E-state index is 0.0625. The zero-order chi connectivity index (χ0) is 20.9. The van der Waals surface area contributed by atoms with E-state index < -0.39 is 0 Å². The van der Waals surface area contributed by atoms with Crippen LogP contribution in [0.2, 0.25) is 0 Å². The van der Waals surface area contributed by atoms with Crippen LogP contribution in [0, 0.1) is 0 Å². The van der Waals surface area contributed by atoms with E-state index in [4.69, 9.17) is 0 Å². The molecule has 2 amide bonds. The van der Waals surface area contributed by atoms with E-state index >= 15 is 0 Å². The topological polar surface area (TPSA) is 101 Å². The molecule has 1 aliphatic heterocycles. The minimum atomic E-state index is -0.128. The first-order valence-corrected chi connectivity index (χ1v) is 9.86. The van der Waals surface area contributed by atoms with Crippen LogP contribution in [-0.2, 0) is 4.79 Å². The van der Waals surface area contributed by atoms with Crippen LogP contribution < -0.4 is 5.32 Å². The number of carbonyl (C=O) groups is 2. The minimum Gasteiger partial charge on any atom is -0.337 e. The second-order valence-electron chi connectivity index (χ2n) is 7.23. The Balaban J connectivity index is 1.61. The lowest BCUT2D eigenvalue weighted by atomic mass is 9.91. The number of hydrogen-bond donors (Lipinski definition) is 1. The molecule has 1 aromatic carbocycles. The summed E-state index contributed by atoms with van der Waals surface area (Å²) < 4.78 is 0. The Labute approximate surface area is 174 Å². The number of hydrogen-bond acceptors (Lipinski definition) is 6. The molecule has 1 N–H and O–H groups in total. The van der Waals surface area contributed by atoms with Crippen LogP contribution in [0.1, 0.15) is 41.9 Å². The highest BCUT2D eigenvalue weighted by molar-refractivity contribution is 5.92. The van der Waals surface area contributed by atoms with Crippen molar-refractivity contribution in [1.29, 1.82) is 0 Å². The molecule has 1 saturated heterocycles. The van der Waals surface area contributed by atoms with Gasteiger partial charge in [0.05, 0.1) is 17.6 Å². The van der Waals surface area contributed by atoms with Crippen LogP contribution >= 0.6 is 0 Å². The third-order valence-electron chi connectivity index (χ3n) is 5.06. The third-order valence-corrected chi connectivity index (χ3v) is 5.06. The lowest BCUT2D eigenvalue weighted by Gasteiger charge is -2.32. The van der Waals surface area contributed by atoms with Crippen molar-refractivity contribution in [3.05, 3.63) is 66.6 Å². The molecule has 0 radical (unpaired) electrons.